The highest BCUT2D eigenvalue weighted by Gasteiger charge is 2.46. The number of hydrogen-bond acceptors (Lipinski definition) is 5. The zero-order valence-electron chi connectivity index (χ0n) is 20.4. The molecule has 1 aromatic heterocycles. The maximum absolute atomic E-state index is 13.9. The lowest BCUT2D eigenvalue weighted by molar-refractivity contribution is -0.153. The number of aromatic nitrogens is 2. The number of amides is 1. The van der Waals surface area contributed by atoms with E-state index < -0.39 is 40.0 Å². The van der Waals surface area contributed by atoms with E-state index >= 15 is 0 Å². The number of carbonyl (C=O) groups excluding carboxylic acids is 1. The molecule has 0 aliphatic heterocycles. The van der Waals surface area contributed by atoms with E-state index in [-0.39, 0.29) is 16.9 Å². The van der Waals surface area contributed by atoms with Crippen LogP contribution in [0.4, 0.5) is 23.8 Å². The smallest absolute Gasteiger partial charge is 0.413 e. The minimum atomic E-state index is -4.70. The molecule has 1 heterocycles. The van der Waals surface area contributed by atoms with Gasteiger partial charge in [0.25, 0.3) is 0 Å². The average Bonchev–Trinajstić information content (AvgIpc) is 3.07. The number of alkyl halides is 3. The van der Waals surface area contributed by atoms with Crippen molar-refractivity contribution in [3.8, 4) is 5.69 Å². The third-order valence-electron chi connectivity index (χ3n) is 4.76. The van der Waals surface area contributed by atoms with E-state index in [4.69, 9.17) is 4.74 Å². The summed E-state index contributed by atoms with van der Waals surface area (Å²) < 4.78 is 62.4. The van der Waals surface area contributed by atoms with Crippen molar-refractivity contribution >= 4 is 34.2 Å². The van der Waals surface area contributed by atoms with Crippen LogP contribution in [0.5, 0.6) is 0 Å². The SMILES string of the molecule is CC(C)(C)OC(=O)Nc1c2ccc(C(N[S@+]([O-])C(C)(C)C)C(F)(F)F)cc2nn1-c1ccccc1. The number of fused-ring (bicyclic) bond motifs is 1. The highest BCUT2D eigenvalue weighted by Crippen LogP contribution is 2.37. The van der Waals surface area contributed by atoms with Gasteiger partial charge in [0.15, 0.2) is 6.04 Å². The lowest BCUT2D eigenvalue weighted by atomic mass is 10.1. The van der Waals surface area contributed by atoms with Gasteiger partial charge in [-0.2, -0.15) is 18.3 Å². The minimum absolute atomic E-state index is 0.149. The van der Waals surface area contributed by atoms with Crippen LogP contribution >= 0.6 is 0 Å². The lowest BCUT2D eigenvalue weighted by Gasteiger charge is -2.29. The van der Waals surface area contributed by atoms with E-state index in [1.54, 1.807) is 71.9 Å². The van der Waals surface area contributed by atoms with E-state index in [1.165, 1.54) is 22.9 Å². The zero-order chi connectivity index (χ0) is 26.2. The van der Waals surface area contributed by atoms with Gasteiger partial charge >= 0.3 is 12.3 Å². The van der Waals surface area contributed by atoms with E-state index in [0.29, 0.717) is 11.1 Å². The van der Waals surface area contributed by atoms with E-state index in [9.17, 15) is 22.5 Å². The third-order valence-corrected chi connectivity index (χ3v) is 6.32. The number of nitrogens with zero attached hydrogens (tertiary/aromatic N) is 2. The predicted octanol–water partition coefficient (Wildman–Crippen LogP) is 6.03. The third kappa shape index (κ3) is 6.68. The van der Waals surface area contributed by atoms with Gasteiger partial charge in [0.05, 0.1) is 11.2 Å². The van der Waals surface area contributed by atoms with Crippen molar-refractivity contribution in [3.05, 3.63) is 54.1 Å². The molecule has 3 aromatic rings. The first-order valence-electron chi connectivity index (χ1n) is 10.9. The summed E-state index contributed by atoms with van der Waals surface area (Å²) >= 11 is -1.96. The Bertz CT molecular complexity index is 1180. The van der Waals surface area contributed by atoms with Gasteiger partial charge in [0.1, 0.15) is 16.2 Å². The fourth-order valence-corrected chi connectivity index (χ4v) is 4.00. The van der Waals surface area contributed by atoms with Crippen molar-refractivity contribution in [2.24, 2.45) is 0 Å². The molecule has 1 unspecified atom stereocenters. The summed E-state index contributed by atoms with van der Waals surface area (Å²) in [5, 5.41) is 7.55. The van der Waals surface area contributed by atoms with Gasteiger partial charge in [-0.1, -0.05) is 24.3 Å². The molecule has 7 nitrogen and oxygen atoms in total. The number of nitrogens with one attached hydrogen (secondary N) is 2. The van der Waals surface area contributed by atoms with Crippen LogP contribution in [0.2, 0.25) is 0 Å². The van der Waals surface area contributed by atoms with Crippen molar-refractivity contribution in [2.75, 3.05) is 5.32 Å². The Morgan fingerprint density at radius 1 is 1.06 bits per heavy atom. The molecular weight excluding hydrogens is 481 g/mol. The first kappa shape index (κ1) is 26.8. The Hall–Kier alpha value is -2.76. The Kier molecular flexibility index (Phi) is 7.45. The highest BCUT2D eigenvalue weighted by atomic mass is 32.2. The zero-order valence-corrected chi connectivity index (χ0v) is 21.2. The van der Waals surface area contributed by atoms with Crippen LogP contribution in [0, 0.1) is 0 Å². The van der Waals surface area contributed by atoms with Gasteiger partial charge in [-0.3, -0.25) is 5.32 Å². The number of ether oxygens (including phenoxy) is 1. The first-order valence-corrected chi connectivity index (χ1v) is 12.0. The van der Waals surface area contributed by atoms with Crippen molar-refractivity contribution < 1.29 is 27.3 Å². The molecule has 2 N–H and O–H groups in total. The minimum Gasteiger partial charge on any atom is -0.598 e. The molecule has 190 valence electrons. The number of halogens is 3. The second-order valence-corrected chi connectivity index (χ2v) is 12.0. The second-order valence-electron chi connectivity index (χ2n) is 9.97. The Labute approximate surface area is 205 Å². The molecule has 0 aliphatic carbocycles. The van der Waals surface area contributed by atoms with E-state index in [0.717, 1.165) is 0 Å². The fourth-order valence-electron chi connectivity index (χ4n) is 3.17. The number of hydrogen-bond donors (Lipinski definition) is 2. The van der Waals surface area contributed by atoms with Crippen LogP contribution in [0.15, 0.2) is 48.5 Å². The Morgan fingerprint density at radius 2 is 1.69 bits per heavy atom. The van der Waals surface area contributed by atoms with Crippen molar-refractivity contribution in [2.45, 2.75) is 64.1 Å². The maximum Gasteiger partial charge on any atom is 0.413 e. The molecule has 0 aliphatic rings. The predicted molar refractivity (Wildman–Crippen MR) is 131 cm³/mol. The van der Waals surface area contributed by atoms with Gasteiger partial charge in [-0.15, -0.1) is 4.72 Å². The maximum atomic E-state index is 13.9. The molecule has 0 spiro atoms. The molecule has 11 heteroatoms. The molecule has 1 amide bonds. The molecule has 0 saturated carbocycles. The normalized spacial score (nSPS) is 14.6. The summed E-state index contributed by atoms with van der Waals surface area (Å²) in [4.78, 5) is 12.5. The van der Waals surface area contributed by atoms with Crippen LogP contribution in [-0.2, 0) is 16.1 Å². The number of para-hydroxylation sites is 1. The van der Waals surface area contributed by atoms with E-state index in [2.05, 4.69) is 15.1 Å². The van der Waals surface area contributed by atoms with Crippen LogP contribution in [0.25, 0.3) is 16.6 Å². The summed E-state index contributed by atoms with van der Waals surface area (Å²) in [5.74, 6) is 0.252. The van der Waals surface area contributed by atoms with Crippen molar-refractivity contribution in [3.63, 3.8) is 0 Å². The molecular formula is C24H29F3N4O3S. The van der Waals surface area contributed by atoms with Gasteiger partial charge in [0.2, 0.25) is 0 Å². The molecule has 0 fully saturated rings. The number of rotatable bonds is 5. The van der Waals surface area contributed by atoms with Crippen molar-refractivity contribution in [1.82, 2.24) is 14.5 Å². The Balaban J connectivity index is 2.10. The molecule has 0 bridgehead atoms. The fraction of sp³-hybridized carbons (Fsp3) is 0.417. The molecule has 2 atom stereocenters. The van der Waals surface area contributed by atoms with Crippen LogP contribution in [0.1, 0.15) is 53.1 Å². The Morgan fingerprint density at radius 3 is 2.23 bits per heavy atom. The quantitative estimate of drug-likeness (QED) is 0.409. The molecule has 3 rings (SSSR count). The largest absolute Gasteiger partial charge is 0.598 e. The van der Waals surface area contributed by atoms with Gasteiger partial charge in [-0.25, -0.2) is 9.48 Å². The van der Waals surface area contributed by atoms with Gasteiger partial charge < -0.3 is 9.29 Å². The van der Waals surface area contributed by atoms with Crippen molar-refractivity contribution in [1.29, 1.82) is 0 Å². The summed E-state index contributed by atoms with van der Waals surface area (Å²) in [5.41, 5.74) is -0.0892. The summed E-state index contributed by atoms with van der Waals surface area (Å²) in [6.45, 7) is 9.92. The molecule has 2 aromatic carbocycles. The molecule has 0 radical (unpaired) electrons. The van der Waals surface area contributed by atoms with Crippen LogP contribution in [-0.4, -0.2) is 37.0 Å². The average molecular weight is 511 g/mol. The first-order chi connectivity index (χ1) is 16.1. The second kappa shape index (κ2) is 9.71. The lowest BCUT2D eigenvalue weighted by Crippen LogP contribution is -2.45. The van der Waals surface area contributed by atoms with Crippen LogP contribution < -0.4 is 10.0 Å². The monoisotopic (exact) mass is 510 g/mol. The standard InChI is InChI=1S/C24H29F3N4O3S/c1-22(2,3)34-21(32)28-20-17-13-12-15(19(24(25,26)27)30-35(33)23(4,5)6)14-18(17)29-31(20)16-10-8-7-9-11-16/h7-14,19,30H,1-6H3,(H,28,32)/t19?,35-/m1/s1. The molecule has 35 heavy (non-hydrogen) atoms. The molecule has 0 saturated heterocycles. The van der Waals surface area contributed by atoms with E-state index in [1.807, 2.05) is 0 Å². The van der Waals surface area contributed by atoms with Crippen LogP contribution in [0.3, 0.4) is 0 Å². The summed E-state index contributed by atoms with van der Waals surface area (Å²) in [6.07, 6.45) is -5.43. The number of anilines is 1. The van der Waals surface area contributed by atoms with Gasteiger partial charge in [0, 0.05) is 16.7 Å². The topological polar surface area (TPSA) is 91.2 Å². The number of benzene rings is 2. The summed E-state index contributed by atoms with van der Waals surface area (Å²) in [6, 6.07) is 10.7. The summed E-state index contributed by atoms with van der Waals surface area (Å²) in [7, 11) is 0. The number of carbonyl (C=O) groups is 1. The van der Waals surface area contributed by atoms with Gasteiger partial charge in [-0.05, 0) is 71.4 Å². The highest BCUT2D eigenvalue weighted by molar-refractivity contribution is 7.90.